The molecular formula is C37H44O2S2. The summed E-state index contributed by atoms with van der Waals surface area (Å²) < 4.78 is 0. The number of benzene rings is 4. The molecule has 4 rings (SSSR count). The molecule has 2 nitrogen and oxygen atoms in total. The van der Waals surface area contributed by atoms with Crippen LogP contribution in [0, 0.1) is 55.4 Å². The molecule has 0 aromatic heterocycles. The minimum absolute atomic E-state index is 0.414. The van der Waals surface area contributed by atoms with Crippen LogP contribution >= 0.6 is 23.5 Å². The van der Waals surface area contributed by atoms with Crippen LogP contribution < -0.4 is 0 Å². The molecule has 4 heteroatoms. The minimum atomic E-state index is 0.414. The van der Waals surface area contributed by atoms with Gasteiger partial charge in [-0.3, -0.25) is 0 Å². The molecule has 0 atom stereocenters. The SMILES string of the molecule is Cc1cc(C)c(-c2cc(C)cc(CSCCCSCc3cc(C)cc(-c4c(C)cc(C)cc4C)c3O)c2O)c(C)c1. The van der Waals surface area contributed by atoms with Gasteiger partial charge in [0.1, 0.15) is 11.5 Å². The maximum absolute atomic E-state index is 11.2. The molecule has 0 amide bonds. The summed E-state index contributed by atoms with van der Waals surface area (Å²) in [5.74, 6) is 4.49. The summed E-state index contributed by atoms with van der Waals surface area (Å²) in [6.07, 6.45) is 1.08. The Kier molecular flexibility index (Phi) is 10.2. The molecule has 216 valence electrons. The van der Waals surface area contributed by atoms with Crippen molar-refractivity contribution in [1.29, 1.82) is 0 Å². The normalized spacial score (nSPS) is 11.3. The number of hydrogen-bond acceptors (Lipinski definition) is 4. The van der Waals surface area contributed by atoms with E-state index in [1.165, 1.54) is 44.5 Å². The second-order valence-electron chi connectivity index (χ2n) is 11.6. The van der Waals surface area contributed by atoms with Gasteiger partial charge in [-0.25, -0.2) is 0 Å². The molecule has 0 heterocycles. The van der Waals surface area contributed by atoms with E-state index in [-0.39, 0.29) is 0 Å². The van der Waals surface area contributed by atoms with Crippen LogP contribution in [0.3, 0.4) is 0 Å². The van der Waals surface area contributed by atoms with Crippen molar-refractivity contribution in [2.75, 3.05) is 11.5 Å². The van der Waals surface area contributed by atoms with Crippen molar-refractivity contribution < 1.29 is 10.2 Å². The monoisotopic (exact) mass is 584 g/mol. The average Bonchev–Trinajstić information content (AvgIpc) is 2.87. The molecule has 0 aliphatic heterocycles. The Balaban J connectivity index is 1.34. The lowest BCUT2D eigenvalue weighted by Gasteiger charge is -2.17. The van der Waals surface area contributed by atoms with Gasteiger partial charge in [-0.2, -0.15) is 23.5 Å². The molecule has 4 aromatic carbocycles. The van der Waals surface area contributed by atoms with E-state index >= 15 is 0 Å². The number of rotatable bonds is 10. The second-order valence-corrected chi connectivity index (χ2v) is 13.9. The molecule has 0 aliphatic carbocycles. The predicted octanol–water partition coefficient (Wildman–Crippen LogP) is 10.5. The fourth-order valence-corrected chi connectivity index (χ4v) is 8.19. The van der Waals surface area contributed by atoms with Crippen LogP contribution in [-0.4, -0.2) is 21.7 Å². The maximum Gasteiger partial charge on any atom is 0.127 e. The summed E-state index contributed by atoms with van der Waals surface area (Å²) in [4.78, 5) is 0. The highest BCUT2D eigenvalue weighted by molar-refractivity contribution is 7.99. The highest BCUT2D eigenvalue weighted by Gasteiger charge is 2.16. The number of hydrogen-bond donors (Lipinski definition) is 2. The lowest BCUT2D eigenvalue weighted by molar-refractivity contribution is 0.472. The summed E-state index contributed by atoms with van der Waals surface area (Å²) >= 11 is 3.75. The molecule has 4 aromatic rings. The Morgan fingerprint density at radius 2 is 0.780 bits per heavy atom. The molecule has 0 saturated carbocycles. The standard InChI is InChI=1S/C37H44O2S2/c1-22-12-26(5)34(27(6)13-22)32-18-24(3)16-30(36(32)38)20-40-10-9-11-41-21-31-17-25(4)19-33(37(31)39)35-28(7)14-23(2)15-29(35)8/h12-19,38-39H,9-11,20-21H2,1-8H3. The van der Waals surface area contributed by atoms with Gasteiger partial charge in [0.05, 0.1) is 0 Å². The molecule has 0 unspecified atom stereocenters. The first-order valence-corrected chi connectivity index (χ1v) is 16.7. The summed E-state index contributed by atoms with van der Waals surface area (Å²) in [5, 5.41) is 22.4. The van der Waals surface area contributed by atoms with Crippen LogP contribution in [-0.2, 0) is 11.5 Å². The van der Waals surface area contributed by atoms with Crippen molar-refractivity contribution in [1.82, 2.24) is 0 Å². The Bertz CT molecular complexity index is 1410. The zero-order chi connectivity index (χ0) is 29.8. The molecule has 0 radical (unpaired) electrons. The van der Waals surface area contributed by atoms with Gasteiger partial charge in [0.15, 0.2) is 0 Å². The molecular weight excluding hydrogens is 541 g/mol. The summed E-state index contributed by atoms with van der Waals surface area (Å²) in [7, 11) is 0. The van der Waals surface area contributed by atoms with E-state index in [9.17, 15) is 10.2 Å². The van der Waals surface area contributed by atoms with E-state index in [0.29, 0.717) is 11.5 Å². The van der Waals surface area contributed by atoms with Gasteiger partial charge in [-0.05, 0) is 130 Å². The summed E-state index contributed by atoms with van der Waals surface area (Å²) in [5.41, 5.74) is 15.9. The van der Waals surface area contributed by atoms with Gasteiger partial charge in [0, 0.05) is 33.8 Å². The van der Waals surface area contributed by atoms with Crippen LogP contribution in [0.5, 0.6) is 11.5 Å². The van der Waals surface area contributed by atoms with Crippen molar-refractivity contribution >= 4 is 23.5 Å². The fourth-order valence-electron chi connectivity index (χ4n) is 6.15. The third-order valence-electron chi connectivity index (χ3n) is 7.65. The third-order valence-corrected chi connectivity index (χ3v) is 9.84. The van der Waals surface area contributed by atoms with E-state index in [1.54, 1.807) is 0 Å². The van der Waals surface area contributed by atoms with Crippen LogP contribution in [0.15, 0.2) is 48.5 Å². The van der Waals surface area contributed by atoms with Crippen LogP contribution in [0.25, 0.3) is 22.3 Å². The van der Waals surface area contributed by atoms with E-state index in [0.717, 1.165) is 62.8 Å². The minimum Gasteiger partial charge on any atom is -0.507 e. The molecule has 41 heavy (non-hydrogen) atoms. The maximum atomic E-state index is 11.2. The molecule has 0 saturated heterocycles. The Morgan fingerprint density at radius 1 is 0.463 bits per heavy atom. The largest absolute Gasteiger partial charge is 0.507 e. The molecule has 0 spiro atoms. The first-order valence-electron chi connectivity index (χ1n) is 14.4. The van der Waals surface area contributed by atoms with Gasteiger partial charge in [-0.15, -0.1) is 0 Å². The van der Waals surface area contributed by atoms with E-state index in [2.05, 4.69) is 104 Å². The van der Waals surface area contributed by atoms with Crippen molar-refractivity contribution in [3.8, 4) is 33.8 Å². The number of aryl methyl sites for hydroxylation is 8. The van der Waals surface area contributed by atoms with Crippen LogP contribution in [0.1, 0.15) is 62.1 Å². The molecule has 0 aliphatic rings. The molecule has 0 bridgehead atoms. The predicted molar refractivity (Wildman–Crippen MR) is 182 cm³/mol. The highest BCUT2D eigenvalue weighted by Crippen LogP contribution is 2.40. The van der Waals surface area contributed by atoms with E-state index < -0.39 is 0 Å². The van der Waals surface area contributed by atoms with Crippen molar-refractivity contribution in [2.24, 2.45) is 0 Å². The Labute approximate surface area is 255 Å². The highest BCUT2D eigenvalue weighted by atomic mass is 32.2. The third kappa shape index (κ3) is 7.34. The van der Waals surface area contributed by atoms with Gasteiger partial charge in [0.2, 0.25) is 0 Å². The zero-order valence-electron chi connectivity index (χ0n) is 25.9. The topological polar surface area (TPSA) is 40.5 Å². The number of thioether (sulfide) groups is 2. The van der Waals surface area contributed by atoms with Gasteiger partial charge < -0.3 is 10.2 Å². The lowest BCUT2D eigenvalue weighted by atomic mass is 9.91. The molecule has 2 N–H and O–H groups in total. The first kappa shape index (κ1) is 31.1. The molecule has 0 fully saturated rings. The number of phenolic OH excluding ortho intramolecular Hbond substituents is 2. The summed E-state index contributed by atoms with van der Waals surface area (Å²) in [6.45, 7) is 17.0. The summed E-state index contributed by atoms with van der Waals surface area (Å²) in [6, 6.07) is 17.2. The van der Waals surface area contributed by atoms with Gasteiger partial charge in [-0.1, -0.05) is 47.5 Å². The van der Waals surface area contributed by atoms with Crippen molar-refractivity contribution in [3.63, 3.8) is 0 Å². The first-order chi connectivity index (χ1) is 19.5. The van der Waals surface area contributed by atoms with Gasteiger partial charge >= 0.3 is 0 Å². The lowest BCUT2D eigenvalue weighted by Crippen LogP contribution is -1.95. The second kappa shape index (κ2) is 13.4. The van der Waals surface area contributed by atoms with Crippen molar-refractivity contribution in [3.05, 3.63) is 104 Å². The van der Waals surface area contributed by atoms with Crippen LogP contribution in [0.2, 0.25) is 0 Å². The van der Waals surface area contributed by atoms with Crippen LogP contribution in [0.4, 0.5) is 0 Å². The average molecular weight is 585 g/mol. The Hall–Kier alpha value is -2.82. The van der Waals surface area contributed by atoms with E-state index in [4.69, 9.17) is 0 Å². The quantitative estimate of drug-likeness (QED) is 0.182. The number of aromatic hydroxyl groups is 2. The fraction of sp³-hybridized carbons (Fsp3) is 0.351. The Morgan fingerprint density at radius 3 is 1.12 bits per heavy atom. The smallest absolute Gasteiger partial charge is 0.127 e. The van der Waals surface area contributed by atoms with Gasteiger partial charge in [0.25, 0.3) is 0 Å². The number of phenols is 2. The zero-order valence-corrected chi connectivity index (χ0v) is 27.5. The van der Waals surface area contributed by atoms with Crippen molar-refractivity contribution in [2.45, 2.75) is 73.3 Å². The van der Waals surface area contributed by atoms with E-state index in [1.807, 2.05) is 23.5 Å².